The Labute approximate surface area is 86.8 Å². The summed E-state index contributed by atoms with van der Waals surface area (Å²) in [4.78, 5) is 1.21. The number of nitrogens with one attached hydrogen (secondary N) is 1. The van der Waals surface area contributed by atoms with Crippen molar-refractivity contribution in [3.05, 3.63) is 48.0 Å². The van der Waals surface area contributed by atoms with Gasteiger partial charge in [-0.2, -0.15) is 0 Å². The highest BCUT2D eigenvalue weighted by molar-refractivity contribution is 8.03. The topological polar surface area (TPSA) is 12.0 Å². The number of fused-ring (bicyclic) bond motifs is 3. The number of hydrogen-bond donors (Lipinski definition) is 1. The van der Waals surface area contributed by atoms with Gasteiger partial charge in [0.15, 0.2) is 0 Å². The van der Waals surface area contributed by atoms with Gasteiger partial charge in [-0.15, -0.1) is 0 Å². The minimum absolute atomic E-state index is 0.761. The molecule has 1 aliphatic rings. The van der Waals surface area contributed by atoms with Crippen molar-refractivity contribution in [2.75, 3.05) is 5.32 Å². The number of anilines is 1. The van der Waals surface area contributed by atoms with Crippen LogP contribution in [0.4, 0.5) is 5.69 Å². The SMILES string of the molecule is [CH]=C1Nc2c(ccc3ccccc23)S1. The molecule has 1 N–H and O–H groups in total. The van der Waals surface area contributed by atoms with Gasteiger partial charge in [0.05, 0.1) is 10.7 Å². The fourth-order valence-electron chi connectivity index (χ4n) is 1.73. The van der Waals surface area contributed by atoms with Gasteiger partial charge in [0.2, 0.25) is 0 Å². The largest absolute Gasteiger partial charge is 0.349 e. The average Bonchev–Trinajstić information content (AvgIpc) is 2.59. The van der Waals surface area contributed by atoms with Crippen LogP contribution >= 0.6 is 11.8 Å². The summed E-state index contributed by atoms with van der Waals surface area (Å²) in [7, 11) is 0. The first kappa shape index (κ1) is 7.94. The van der Waals surface area contributed by atoms with Crippen LogP contribution in [0.3, 0.4) is 0 Å². The Hall–Kier alpha value is -1.41. The smallest absolute Gasteiger partial charge is 0.0776 e. The molecule has 0 unspecified atom stereocenters. The molecule has 0 aromatic heterocycles. The second-order valence-electron chi connectivity index (χ2n) is 3.25. The lowest BCUT2D eigenvalue weighted by atomic mass is 10.1. The van der Waals surface area contributed by atoms with Crippen molar-refractivity contribution in [1.82, 2.24) is 0 Å². The Kier molecular flexibility index (Phi) is 1.58. The fourth-order valence-corrected chi connectivity index (χ4v) is 2.52. The first-order chi connectivity index (χ1) is 6.84. The molecule has 2 aromatic carbocycles. The summed E-state index contributed by atoms with van der Waals surface area (Å²) < 4.78 is 0. The second kappa shape index (κ2) is 2.79. The molecule has 3 rings (SSSR count). The van der Waals surface area contributed by atoms with E-state index >= 15 is 0 Å². The van der Waals surface area contributed by atoms with Crippen molar-refractivity contribution in [2.24, 2.45) is 0 Å². The molecule has 1 heterocycles. The summed E-state index contributed by atoms with van der Waals surface area (Å²) in [6, 6.07) is 12.5. The third-order valence-corrected chi connectivity index (χ3v) is 3.24. The third kappa shape index (κ3) is 1.04. The van der Waals surface area contributed by atoms with Gasteiger partial charge in [0.25, 0.3) is 0 Å². The Balaban J connectivity index is 2.39. The van der Waals surface area contributed by atoms with Gasteiger partial charge in [-0.05, 0) is 18.0 Å². The number of hydrogen-bond acceptors (Lipinski definition) is 2. The van der Waals surface area contributed by atoms with E-state index in [2.05, 4.69) is 29.6 Å². The van der Waals surface area contributed by atoms with Crippen LogP contribution in [0.2, 0.25) is 0 Å². The molecule has 0 spiro atoms. The molecule has 1 nitrogen and oxygen atoms in total. The summed E-state index contributed by atoms with van der Waals surface area (Å²) in [5.41, 5.74) is 1.14. The van der Waals surface area contributed by atoms with Crippen LogP contribution in [-0.4, -0.2) is 0 Å². The summed E-state index contributed by atoms with van der Waals surface area (Å²) in [6.45, 7) is 5.74. The third-order valence-electron chi connectivity index (χ3n) is 2.36. The lowest BCUT2D eigenvalue weighted by Crippen LogP contribution is -1.87. The van der Waals surface area contributed by atoms with Crippen molar-refractivity contribution in [3.8, 4) is 0 Å². The second-order valence-corrected chi connectivity index (χ2v) is 4.33. The maximum Gasteiger partial charge on any atom is 0.0776 e. The maximum atomic E-state index is 5.74. The molecule has 0 bridgehead atoms. The maximum absolute atomic E-state index is 5.74. The standard InChI is InChI=1S/C12H8NS/c1-8-13-12-10-5-3-2-4-9(10)6-7-11(12)14-8/h1-7,13H. The minimum atomic E-state index is 0.761. The monoisotopic (exact) mass is 198 g/mol. The van der Waals surface area contributed by atoms with E-state index in [1.54, 1.807) is 11.8 Å². The highest BCUT2D eigenvalue weighted by atomic mass is 32.2. The molecule has 1 radical (unpaired) electrons. The van der Waals surface area contributed by atoms with Crippen LogP contribution in [0.15, 0.2) is 46.3 Å². The van der Waals surface area contributed by atoms with Crippen LogP contribution in [0.5, 0.6) is 0 Å². The molecule has 2 aromatic rings. The number of benzene rings is 2. The zero-order chi connectivity index (χ0) is 9.54. The summed E-state index contributed by atoms with van der Waals surface area (Å²) in [5, 5.41) is 6.44. The van der Waals surface area contributed by atoms with Crippen molar-refractivity contribution < 1.29 is 0 Å². The Bertz CT molecular complexity index is 531. The van der Waals surface area contributed by atoms with E-state index in [0.717, 1.165) is 10.7 Å². The normalized spacial score (nSPS) is 14.1. The molecule has 0 aliphatic carbocycles. The predicted octanol–water partition coefficient (Wildman–Crippen LogP) is 3.63. The Morgan fingerprint density at radius 2 is 1.93 bits per heavy atom. The minimum Gasteiger partial charge on any atom is -0.349 e. The quantitative estimate of drug-likeness (QED) is 0.693. The molecule has 0 atom stereocenters. The van der Waals surface area contributed by atoms with E-state index in [-0.39, 0.29) is 0 Å². The molecule has 1 aliphatic heterocycles. The van der Waals surface area contributed by atoms with Crippen LogP contribution in [0.1, 0.15) is 0 Å². The van der Waals surface area contributed by atoms with Gasteiger partial charge in [-0.3, -0.25) is 0 Å². The van der Waals surface area contributed by atoms with Gasteiger partial charge in [-0.1, -0.05) is 42.1 Å². The number of thioether (sulfide) groups is 1. The number of rotatable bonds is 0. The molecule has 0 fully saturated rings. The zero-order valence-corrected chi connectivity index (χ0v) is 8.27. The average molecular weight is 198 g/mol. The summed E-state index contributed by atoms with van der Waals surface area (Å²) in [5.74, 6) is 0. The van der Waals surface area contributed by atoms with E-state index in [1.165, 1.54) is 15.7 Å². The molecule has 0 amide bonds. The first-order valence-electron chi connectivity index (χ1n) is 4.43. The van der Waals surface area contributed by atoms with E-state index in [1.807, 2.05) is 12.1 Å². The summed E-state index contributed by atoms with van der Waals surface area (Å²) in [6.07, 6.45) is 0. The highest BCUT2D eigenvalue weighted by Gasteiger charge is 2.16. The van der Waals surface area contributed by atoms with E-state index < -0.39 is 0 Å². The van der Waals surface area contributed by atoms with Gasteiger partial charge in [0, 0.05) is 10.3 Å². The van der Waals surface area contributed by atoms with Gasteiger partial charge in [-0.25, -0.2) is 0 Å². The van der Waals surface area contributed by atoms with Crippen LogP contribution < -0.4 is 5.32 Å². The molecular formula is C12H8NS. The molecular weight excluding hydrogens is 190 g/mol. The zero-order valence-electron chi connectivity index (χ0n) is 7.45. The molecule has 67 valence electrons. The van der Waals surface area contributed by atoms with E-state index in [9.17, 15) is 0 Å². The van der Waals surface area contributed by atoms with E-state index in [4.69, 9.17) is 6.58 Å². The molecule has 0 saturated carbocycles. The highest BCUT2D eigenvalue weighted by Crippen LogP contribution is 2.43. The summed E-state index contributed by atoms with van der Waals surface area (Å²) >= 11 is 1.59. The fraction of sp³-hybridized carbons (Fsp3) is 0. The molecule has 14 heavy (non-hydrogen) atoms. The lowest BCUT2D eigenvalue weighted by molar-refractivity contribution is 1.50. The predicted molar refractivity (Wildman–Crippen MR) is 61.2 cm³/mol. The van der Waals surface area contributed by atoms with Crippen LogP contribution in [0.25, 0.3) is 10.8 Å². The van der Waals surface area contributed by atoms with E-state index in [0.29, 0.717) is 0 Å². The molecule has 2 heteroatoms. The lowest BCUT2D eigenvalue weighted by Gasteiger charge is -2.03. The first-order valence-corrected chi connectivity index (χ1v) is 5.25. The molecule has 0 saturated heterocycles. The van der Waals surface area contributed by atoms with Crippen molar-refractivity contribution >= 4 is 28.2 Å². The van der Waals surface area contributed by atoms with Gasteiger partial charge in [0.1, 0.15) is 0 Å². The van der Waals surface area contributed by atoms with Crippen LogP contribution in [0, 0.1) is 6.58 Å². The Morgan fingerprint density at radius 3 is 2.86 bits per heavy atom. The van der Waals surface area contributed by atoms with Crippen molar-refractivity contribution in [3.63, 3.8) is 0 Å². The van der Waals surface area contributed by atoms with Gasteiger partial charge < -0.3 is 5.32 Å². The van der Waals surface area contributed by atoms with Gasteiger partial charge >= 0.3 is 0 Å². The Morgan fingerprint density at radius 1 is 1.07 bits per heavy atom. The van der Waals surface area contributed by atoms with Crippen LogP contribution in [-0.2, 0) is 0 Å². The van der Waals surface area contributed by atoms with Crippen molar-refractivity contribution in [2.45, 2.75) is 4.90 Å². The van der Waals surface area contributed by atoms with Crippen molar-refractivity contribution in [1.29, 1.82) is 0 Å².